The third kappa shape index (κ3) is 3.37. The van der Waals surface area contributed by atoms with Crippen LogP contribution in [0.25, 0.3) is 22.2 Å². The van der Waals surface area contributed by atoms with E-state index in [0.717, 1.165) is 48.2 Å². The molecule has 2 N–H and O–H groups in total. The van der Waals surface area contributed by atoms with Gasteiger partial charge in [0.1, 0.15) is 5.52 Å². The molecular formula is C24H27N7O3. The first-order valence-corrected chi connectivity index (χ1v) is 11.6. The Morgan fingerprint density at radius 1 is 1.21 bits per heavy atom. The minimum absolute atomic E-state index is 0.177. The zero-order valence-corrected chi connectivity index (χ0v) is 19.2. The fraction of sp³-hybridized carbons (Fsp3) is 0.417. The highest BCUT2D eigenvalue weighted by molar-refractivity contribution is 6.01. The van der Waals surface area contributed by atoms with Crippen LogP contribution < -0.4 is 15.4 Å². The highest BCUT2D eigenvalue weighted by atomic mass is 16.5. The van der Waals surface area contributed by atoms with Crippen LogP contribution in [-0.4, -0.2) is 63.5 Å². The molecule has 1 saturated carbocycles. The van der Waals surface area contributed by atoms with E-state index in [9.17, 15) is 4.79 Å². The molecule has 1 spiro atoms. The minimum Gasteiger partial charge on any atom is -0.479 e. The van der Waals surface area contributed by atoms with Crippen molar-refractivity contribution in [3.8, 4) is 17.0 Å². The number of methoxy groups -OCH3 is 1. The highest BCUT2D eigenvalue weighted by Crippen LogP contribution is 2.42. The van der Waals surface area contributed by atoms with Crippen molar-refractivity contribution in [3.63, 3.8) is 0 Å². The lowest BCUT2D eigenvalue weighted by molar-refractivity contribution is -0.131. The first-order chi connectivity index (χ1) is 16.6. The van der Waals surface area contributed by atoms with Gasteiger partial charge in [-0.25, -0.2) is 9.03 Å². The fourth-order valence-corrected chi connectivity index (χ4v) is 5.12. The second kappa shape index (κ2) is 7.98. The molecule has 5 heterocycles. The van der Waals surface area contributed by atoms with Crippen molar-refractivity contribution < 1.29 is 14.3 Å². The molecule has 10 heteroatoms. The molecule has 10 nitrogen and oxygen atoms in total. The maximum Gasteiger partial charge on any atom is 0.254 e. The van der Waals surface area contributed by atoms with E-state index in [2.05, 4.69) is 20.7 Å². The molecule has 1 saturated heterocycles. The van der Waals surface area contributed by atoms with Gasteiger partial charge in [0.15, 0.2) is 0 Å². The second-order valence-corrected chi connectivity index (χ2v) is 9.26. The van der Waals surface area contributed by atoms with Crippen LogP contribution in [0.4, 0.5) is 5.95 Å². The molecule has 2 aliphatic rings. The molecule has 6 rings (SSSR count). The van der Waals surface area contributed by atoms with E-state index >= 15 is 0 Å². The van der Waals surface area contributed by atoms with Gasteiger partial charge >= 0.3 is 0 Å². The fourth-order valence-electron chi connectivity index (χ4n) is 5.12. The van der Waals surface area contributed by atoms with E-state index in [0.29, 0.717) is 28.8 Å². The molecule has 0 unspecified atom stereocenters. The van der Waals surface area contributed by atoms with E-state index in [4.69, 9.17) is 14.6 Å². The van der Waals surface area contributed by atoms with Crippen LogP contribution >= 0.6 is 0 Å². The van der Waals surface area contributed by atoms with Gasteiger partial charge in [-0.1, -0.05) is 0 Å². The maximum atomic E-state index is 12.2. The molecule has 4 aromatic heterocycles. The number of pyridine rings is 1. The third-order valence-electron chi connectivity index (χ3n) is 7.17. The van der Waals surface area contributed by atoms with Gasteiger partial charge in [0.2, 0.25) is 11.8 Å². The largest absolute Gasteiger partial charge is 0.479 e. The summed E-state index contributed by atoms with van der Waals surface area (Å²) in [6.07, 6.45) is 9.84. The van der Waals surface area contributed by atoms with Crippen LogP contribution in [0.1, 0.15) is 36.0 Å². The predicted octanol–water partition coefficient (Wildman–Crippen LogP) is 2.78. The minimum atomic E-state index is -0.177. The van der Waals surface area contributed by atoms with Crippen molar-refractivity contribution in [1.29, 1.82) is 0 Å². The number of nitrogens with one attached hydrogen (secondary N) is 2. The van der Waals surface area contributed by atoms with Crippen LogP contribution in [0.5, 0.6) is 5.88 Å². The van der Waals surface area contributed by atoms with E-state index in [1.165, 1.54) is 12.8 Å². The van der Waals surface area contributed by atoms with Gasteiger partial charge in [0.05, 0.1) is 37.6 Å². The van der Waals surface area contributed by atoms with Crippen molar-refractivity contribution in [1.82, 2.24) is 29.5 Å². The number of rotatable bonds is 5. The number of amides is 1. The van der Waals surface area contributed by atoms with Gasteiger partial charge in [0.25, 0.3) is 5.91 Å². The van der Waals surface area contributed by atoms with Gasteiger partial charge in [-0.15, -0.1) is 5.10 Å². The van der Waals surface area contributed by atoms with Crippen LogP contribution in [0.3, 0.4) is 0 Å². The molecule has 1 aliphatic heterocycles. The Kier molecular flexibility index (Phi) is 4.91. The SMILES string of the molecule is CNC(=O)c1cnn2ccc(-c3ccn4nc(NC5CCC6(CC5)COC6)nc(OC)c34)cc12. The van der Waals surface area contributed by atoms with E-state index in [1.54, 1.807) is 29.4 Å². The summed E-state index contributed by atoms with van der Waals surface area (Å²) in [7, 11) is 3.23. The Morgan fingerprint density at radius 2 is 2.00 bits per heavy atom. The topological polar surface area (TPSA) is 107 Å². The second-order valence-electron chi connectivity index (χ2n) is 9.26. The zero-order valence-electron chi connectivity index (χ0n) is 19.2. The van der Waals surface area contributed by atoms with Crippen molar-refractivity contribution in [3.05, 3.63) is 42.4 Å². The number of hydrogen-bond acceptors (Lipinski definition) is 7. The molecule has 34 heavy (non-hydrogen) atoms. The summed E-state index contributed by atoms with van der Waals surface area (Å²) in [5, 5.41) is 15.2. The van der Waals surface area contributed by atoms with Gasteiger partial charge in [-0.2, -0.15) is 10.1 Å². The number of anilines is 1. The lowest BCUT2D eigenvalue weighted by Crippen LogP contribution is -2.47. The van der Waals surface area contributed by atoms with Crippen LogP contribution in [0.2, 0.25) is 0 Å². The summed E-state index contributed by atoms with van der Waals surface area (Å²) >= 11 is 0. The Balaban J connectivity index is 1.32. The van der Waals surface area contributed by atoms with Gasteiger partial charge in [-0.3, -0.25) is 4.79 Å². The summed E-state index contributed by atoms with van der Waals surface area (Å²) < 4.78 is 14.6. The van der Waals surface area contributed by atoms with Crippen LogP contribution in [-0.2, 0) is 4.74 Å². The number of carbonyl (C=O) groups is 1. The molecular weight excluding hydrogens is 434 g/mol. The Hall–Kier alpha value is -3.66. The standard InChI is InChI=1S/C24H27N7O3/c1-25-21(32)18-12-26-30-9-5-15(11-19(18)30)17-6-10-31-20(17)22(33-2)28-23(29-31)27-16-3-7-24(8-4-16)13-34-14-24/h5-6,9-12,16H,3-4,7-8,13-14H2,1-2H3,(H,25,32)(H,27,29). The number of aromatic nitrogens is 5. The van der Waals surface area contributed by atoms with Crippen molar-refractivity contribution in [2.24, 2.45) is 5.41 Å². The number of fused-ring (bicyclic) bond motifs is 2. The predicted molar refractivity (Wildman–Crippen MR) is 126 cm³/mol. The maximum absolute atomic E-state index is 12.2. The first-order valence-electron chi connectivity index (χ1n) is 11.6. The number of nitrogens with zero attached hydrogens (tertiary/aromatic N) is 5. The molecule has 1 aliphatic carbocycles. The molecule has 176 valence electrons. The monoisotopic (exact) mass is 461 g/mol. The van der Waals surface area contributed by atoms with Crippen LogP contribution in [0.15, 0.2) is 36.8 Å². The number of ether oxygens (including phenoxy) is 2. The van der Waals surface area contributed by atoms with Crippen molar-refractivity contribution in [2.45, 2.75) is 31.7 Å². The summed E-state index contributed by atoms with van der Waals surface area (Å²) in [6.45, 7) is 1.80. The molecule has 4 aromatic rings. The first kappa shape index (κ1) is 20.9. The van der Waals surface area contributed by atoms with Crippen molar-refractivity contribution in [2.75, 3.05) is 32.7 Å². The Labute approximate surface area is 196 Å². The summed E-state index contributed by atoms with van der Waals surface area (Å²) in [5.74, 6) is 0.881. The lowest BCUT2D eigenvalue weighted by atomic mass is 9.71. The summed E-state index contributed by atoms with van der Waals surface area (Å²) in [4.78, 5) is 16.9. The smallest absolute Gasteiger partial charge is 0.254 e. The highest BCUT2D eigenvalue weighted by Gasteiger charge is 2.41. The van der Waals surface area contributed by atoms with Gasteiger partial charge < -0.3 is 20.1 Å². The molecule has 0 radical (unpaired) electrons. The average Bonchev–Trinajstić information content (AvgIpc) is 3.46. The Morgan fingerprint density at radius 3 is 2.71 bits per heavy atom. The third-order valence-corrected chi connectivity index (χ3v) is 7.17. The average molecular weight is 462 g/mol. The lowest BCUT2D eigenvalue weighted by Gasteiger charge is -2.46. The molecule has 0 aromatic carbocycles. The molecule has 0 bridgehead atoms. The van der Waals surface area contributed by atoms with Crippen molar-refractivity contribution >= 4 is 22.9 Å². The molecule has 1 amide bonds. The zero-order chi connectivity index (χ0) is 23.3. The molecule has 2 fully saturated rings. The van der Waals surface area contributed by atoms with Crippen LogP contribution in [0, 0.1) is 5.41 Å². The number of hydrogen-bond donors (Lipinski definition) is 2. The summed E-state index contributed by atoms with van der Waals surface area (Å²) in [5.41, 5.74) is 4.26. The quantitative estimate of drug-likeness (QED) is 0.471. The normalized spacial score (nSPS) is 17.7. The van der Waals surface area contributed by atoms with E-state index in [-0.39, 0.29) is 5.91 Å². The van der Waals surface area contributed by atoms with E-state index < -0.39 is 0 Å². The number of carbonyl (C=O) groups excluding carboxylic acids is 1. The summed E-state index contributed by atoms with van der Waals surface area (Å²) in [6, 6.07) is 6.23. The van der Waals surface area contributed by atoms with Gasteiger partial charge in [0, 0.05) is 36.5 Å². The van der Waals surface area contributed by atoms with E-state index in [1.807, 2.05) is 30.6 Å². The van der Waals surface area contributed by atoms with Gasteiger partial charge in [-0.05, 0) is 49.4 Å². The molecule has 0 atom stereocenters. The Bertz CT molecular complexity index is 1380.